The SMILES string of the molecule is NC(=O)[C@@H](CNS(=O)(=O)c1cccs1)Cc1ccc(F)cc1. The molecule has 0 saturated carbocycles. The Bertz CT molecular complexity index is 728. The molecule has 0 aliphatic carbocycles. The van der Waals surface area contributed by atoms with Crippen LogP contribution in [0.5, 0.6) is 0 Å². The molecule has 0 spiro atoms. The van der Waals surface area contributed by atoms with Crippen LogP contribution in [0.15, 0.2) is 46.0 Å². The van der Waals surface area contributed by atoms with Gasteiger partial charge < -0.3 is 5.73 Å². The summed E-state index contributed by atoms with van der Waals surface area (Å²) in [6.45, 7) is -0.104. The summed E-state index contributed by atoms with van der Waals surface area (Å²) in [5.74, 6) is -1.70. The van der Waals surface area contributed by atoms with E-state index in [1.807, 2.05) is 0 Å². The topological polar surface area (TPSA) is 89.3 Å². The Morgan fingerprint density at radius 3 is 2.50 bits per heavy atom. The first-order chi connectivity index (χ1) is 10.4. The highest BCUT2D eigenvalue weighted by atomic mass is 32.2. The fraction of sp³-hybridized carbons (Fsp3) is 0.214. The largest absolute Gasteiger partial charge is 0.369 e. The van der Waals surface area contributed by atoms with Gasteiger partial charge in [-0.15, -0.1) is 11.3 Å². The summed E-state index contributed by atoms with van der Waals surface area (Å²) in [5.41, 5.74) is 6.03. The van der Waals surface area contributed by atoms with Crippen LogP contribution < -0.4 is 10.5 Å². The number of carbonyl (C=O) groups excluding carboxylic acids is 1. The first-order valence-corrected chi connectivity index (χ1v) is 8.81. The highest BCUT2D eigenvalue weighted by Crippen LogP contribution is 2.16. The fourth-order valence-corrected chi connectivity index (χ4v) is 4.00. The molecule has 0 bridgehead atoms. The first-order valence-electron chi connectivity index (χ1n) is 6.45. The zero-order valence-corrected chi connectivity index (χ0v) is 13.2. The molecule has 1 heterocycles. The van der Waals surface area contributed by atoms with Gasteiger partial charge in [0.05, 0.1) is 5.92 Å². The number of hydrogen-bond acceptors (Lipinski definition) is 4. The van der Waals surface area contributed by atoms with Gasteiger partial charge in [-0.3, -0.25) is 4.79 Å². The summed E-state index contributed by atoms with van der Waals surface area (Å²) in [5, 5.41) is 1.65. The number of halogens is 1. The minimum Gasteiger partial charge on any atom is -0.369 e. The number of hydrogen-bond donors (Lipinski definition) is 2. The number of carbonyl (C=O) groups is 1. The van der Waals surface area contributed by atoms with Crippen molar-refractivity contribution in [3.05, 3.63) is 53.2 Å². The lowest BCUT2D eigenvalue weighted by molar-refractivity contribution is -0.121. The molecule has 5 nitrogen and oxygen atoms in total. The summed E-state index contributed by atoms with van der Waals surface area (Å²) >= 11 is 1.09. The number of nitrogens with one attached hydrogen (secondary N) is 1. The number of amides is 1. The first kappa shape index (κ1) is 16.6. The van der Waals surface area contributed by atoms with Crippen molar-refractivity contribution in [3.63, 3.8) is 0 Å². The Hall–Kier alpha value is -1.77. The highest BCUT2D eigenvalue weighted by molar-refractivity contribution is 7.91. The van der Waals surface area contributed by atoms with Gasteiger partial charge in [0.15, 0.2) is 0 Å². The van der Waals surface area contributed by atoms with Crippen LogP contribution >= 0.6 is 11.3 Å². The molecule has 1 aromatic heterocycles. The maximum atomic E-state index is 12.9. The van der Waals surface area contributed by atoms with Crippen LogP contribution in [0.1, 0.15) is 5.56 Å². The highest BCUT2D eigenvalue weighted by Gasteiger charge is 2.21. The average Bonchev–Trinajstić information content (AvgIpc) is 3.00. The molecule has 0 saturated heterocycles. The van der Waals surface area contributed by atoms with Gasteiger partial charge in [0.25, 0.3) is 0 Å². The monoisotopic (exact) mass is 342 g/mol. The van der Waals surface area contributed by atoms with E-state index in [-0.39, 0.29) is 23.0 Å². The number of nitrogens with two attached hydrogens (primary N) is 1. The Morgan fingerprint density at radius 1 is 1.27 bits per heavy atom. The van der Waals surface area contributed by atoms with Crippen LogP contribution in [0, 0.1) is 11.7 Å². The van der Waals surface area contributed by atoms with Crippen molar-refractivity contribution in [2.24, 2.45) is 11.7 Å². The predicted molar refractivity (Wildman–Crippen MR) is 82.3 cm³/mol. The molecular formula is C14H15FN2O3S2. The summed E-state index contributed by atoms with van der Waals surface area (Å²) < 4.78 is 39.5. The molecular weight excluding hydrogens is 327 g/mol. The van der Waals surface area contributed by atoms with E-state index in [9.17, 15) is 17.6 Å². The molecule has 0 fully saturated rings. The van der Waals surface area contributed by atoms with Crippen LogP contribution in [-0.4, -0.2) is 20.9 Å². The van der Waals surface area contributed by atoms with Crippen molar-refractivity contribution in [3.8, 4) is 0 Å². The number of primary amides is 1. The second-order valence-electron chi connectivity index (χ2n) is 4.71. The van der Waals surface area contributed by atoms with Gasteiger partial charge in [-0.05, 0) is 35.6 Å². The lowest BCUT2D eigenvalue weighted by atomic mass is 9.99. The van der Waals surface area contributed by atoms with Gasteiger partial charge in [0.2, 0.25) is 15.9 Å². The molecule has 2 aromatic rings. The van der Waals surface area contributed by atoms with Crippen molar-refractivity contribution in [2.75, 3.05) is 6.54 Å². The lowest BCUT2D eigenvalue weighted by Gasteiger charge is -2.14. The van der Waals surface area contributed by atoms with Gasteiger partial charge in [-0.1, -0.05) is 18.2 Å². The molecule has 1 atom stereocenters. The fourth-order valence-electron chi connectivity index (χ4n) is 1.88. The molecule has 118 valence electrons. The van der Waals surface area contributed by atoms with E-state index < -0.39 is 21.8 Å². The van der Waals surface area contributed by atoms with E-state index >= 15 is 0 Å². The molecule has 0 radical (unpaired) electrons. The average molecular weight is 342 g/mol. The maximum Gasteiger partial charge on any atom is 0.250 e. The van der Waals surface area contributed by atoms with Crippen molar-refractivity contribution in [1.29, 1.82) is 0 Å². The van der Waals surface area contributed by atoms with E-state index in [4.69, 9.17) is 5.73 Å². The molecule has 8 heteroatoms. The van der Waals surface area contributed by atoms with Crippen LogP contribution in [-0.2, 0) is 21.2 Å². The third kappa shape index (κ3) is 4.36. The molecule has 0 unspecified atom stereocenters. The summed E-state index contributed by atoms with van der Waals surface area (Å²) in [4.78, 5) is 11.5. The van der Waals surface area contributed by atoms with Gasteiger partial charge in [0.1, 0.15) is 10.0 Å². The number of rotatable bonds is 7. The minimum atomic E-state index is -3.64. The molecule has 0 aliphatic rings. The van der Waals surface area contributed by atoms with Crippen LogP contribution in [0.2, 0.25) is 0 Å². The quantitative estimate of drug-likeness (QED) is 0.799. The van der Waals surface area contributed by atoms with Crippen molar-refractivity contribution >= 4 is 27.3 Å². The van der Waals surface area contributed by atoms with E-state index in [2.05, 4.69) is 4.72 Å². The Morgan fingerprint density at radius 2 is 1.95 bits per heavy atom. The molecule has 2 rings (SSSR count). The zero-order chi connectivity index (χ0) is 16.2. The molecule has 0 aliphatic heterocycles. The van der Waals surface area contributed by atoms with Crippen LogP contribution in [0.3, 0.4) is 0 Å². The Kier molecular flexibility index (Phi) is 5.28. The second-order valence-corrected chi connectivity index (χ2v) is 7.66. The standard InChI is InChI=1S/C14H15FN2O3S2/c15-12-5-3-10(4-6-12)8-11(14(16)18)9-17-22(19,20)13-2-1-7-21-13/h1-7,11,17H,8-9H2,(H2,16,18)/t11-/m1/s1. The van der Waals surface area contributed by atoms with Gasteiger partial charge in [-0.25, -0.2) is 17.5 Å². The lowest BCUT2D eigenvalue weighted by Crippen LogP contribution is -2.37. The molecule has 22 heavy (non-hydrogen) atoms. The van der Waals surface area contributed by atoms with Crippen LogP contribution in [0.25, 0.3) is 0 Å². The smallest absolute Gasteiger partial charge is 0.250 e. The molecule has 3 N–H and O–H groups in total. The van der Waals surface area contributed by atoms with E-state index in [1.165, 1.54) is 18.2 Å². The molecule has 1 amide bonds. The van der Waals surface area contributed by atoms with Crippen LogP contribution in [0.4, 0.5) is 4.39 Å². The molecule has 1 aromatic carbocycles. The second kappa shape index (κ2) is 6.99. The summed E-state index contributed by atoms with van der Waals surface area (Å²) in [6.07, 6.45) is 0.239. The normalized spacial score (nSPS) is 13.0. The summed E-state index contributed by atoms with van der Waals surface area (Å²) in [6, 6.07) is 8.75. The number of benzene rings is 1. The predicted octanol–water partition coefficient (Wildman–Crippen LogP) is 1.51. The number of sulfonamides is 1. The van der Waals surface area contributed by atoms with Crippen molar-refractivity contribution in [1.82, 2.24) is 4.72 Å². The van der Waals surface area contributed by atoms with Crippen molar-refractivity contribution in [2.45, 2.75) is 10.6 Å². The maximum absolute atomic E-state index is 12.9. The third-order valence-electron chi connectivity index (χ3n) is 3.08. The van der Waals surface area contributed by atoms with Gasteiger partial charge >= 0.3 is 0 Å². The summed E-state index contributed by atoms with van der Waals surface area (Å²) in [7, 11) is -3.64. The third-order valence-corrected chi connectivity index (χ3v) is 5.90. The Labute approximate surface area is 132 Å². The Balaban J connectivity index is 2.03. The van der Waals surface area contributed by atoms with Gasteiger partial charge in [-0.2, -0.15) is 0 Å². The van der Waals surface area contributed by atoms with Crippen molar-refractivity contribution < 1.29 is 17.6 Å². The van der Waals surface area contributed by atoms with E-state index in [1.54, 1.807) is 23.6 Å². The number of thiophene rings is 1. The zero-order valence-electron chi connectivity index (χ0n) is 11.5. The minimum absolute atomic E-state index is 0.104. The van der Waals surface area contributed by atoms with E-state index in [0.29, 0.717) is 5.56 Å². The van der Waals surface area contributed by atoms with Gasteiger partial charge in [0, 0.05) is 6.54 Å². The van der Waals surface area contributed by atoms with E-state index in [0.717, 1.165) is 11.3 Å².